The highest BCUT2D eigenvalue weighted by molar-refractivity contribution is 5.99. The molecule has 194 valence electrons. The number of carboxylic acid groups (broad SMARTS) is 1. The van der Waals surface area contributed by atoms with Crippen LogP contribution in [0, 0.1) is 17.5 Å². The molecule has 0 aliphatic carbocycles. The van der Waals surface area contributed by atoms with Gasteiger partial charge in [0.2, 0.25) is 5.91 Å². The van der Waals surface area contributed by atoms with Crippen molar-refractivity contribution >= 4 is 23.9 Å². The van der Waals surface area contributed by atoms with Gasteiger partial charge in [0.05, 0.1) is 6.61 Å². The molecule has 0 bridgehead atoms. The Morgan fingerprint density at radius 3 is 2.23 bits per heavy atom. The first-order chi connectivity index (χ1) is 16.2. The summed E-state index contributed by atoms with van der Waals surface area (Å²) in [6.07, 6.45) is 0.379. The molecular formula is C23H29F3N2O7. The Morgan fingerprint density at radius 2 is 1.71 bits per heavy atom. The van der Waals surface area contributed by atoms with E-state index in [1.54, 1.807) is 27.7 Å². The first kappa shape index (κ1) is 28.1. The fraction of sp³-hybridized carbons (Fsp3) is 0.565. The Balaban J connectivity index is 0.000000251. The molecule has 35 heavy (non-hydrogen) atoms. The van der Waals surface area contributed by atoms with Gasteiger partial charge in [0.1, 0.15) is 17.7 Å². The summed E-state index contributed by atoms with van der Waals surface area (Å²) in [5.41, 5.74) is -0.452. The van der Waals surface area contributed by atoms with E-state index in [9.17, 15) is 32.3 Å². The minimum absolute atomic E-state index is 0.0657. The van der Waals surface area contributed by atoms with Crippen LogP contribution in [0.2, 0.25) is 0 Å². The monoisotopic (exact) mass is 502 g/mol. The quantitative estimate of drug-likeness (QED) is 0.474. The minimum Gasteiger partial charge on any atom is -0.480 e. The smallest absolute Gasteiger partial charge is 0.417 e. The zero-order valence-corrected chi connectivity index (χ0v) is 19.9. The first-order valence-corrected chi connectivity index (χ1v) is 11.1. The summed E-state index contributed by atoms with van der Waals surface area (Å²) < 4.78 is 49.0. The number of carboxylic acids is 1. The lowest BCUT2D eigenvalue weighted by Gasteiger charge is -2.25. The van der Waals surface area contributed by atoms with Crippen LogP contribution in [-0.4, -0.2) is 58.2 Å². The number of carbonyl (C=O) groups is 4. The second-order valence-corrected chi connectivity index (χ2v) is 9.04. The lowest BCUT2D eigenvalue weighted by molar-refractivity contribution is -0.145. The van der Waals surface area contributed by atoms with Gasteiger partial charge in [-0.3, -0.25) is 14.9 Å². The van der Waals surface area contributed by atoms with Crippen LogP contribution in [0.25, 0.3) is 0 Å². The maximum absolute atomic E-state index is 13.1. The summed E-state index contributed by atoms with van der Waals surface area (Å²) in [5.74, 6) is -6.00. The number of esters is 1. The predicted octanol–water partition coefficient (Wildman–Crippen LogP) is 3.46. The van der Waals surface area contributed by atoms with Crippen molar-refractivity contribution < 1.29 is 46.9 Å². The van der Waals surface area contributed by atoms with Crippen LogP contribution < -0.4 is 5.32 Å². The molecule has 1 aromatic carbocycles. The average Bonchev–Trinajstić information content (AvgIpc) is 3.38. The van der Waals surface area contributed by atoms with Gasteiger partial charge in [-0.25, -0.2) is 27.7 Å². The van der Waals surface area contributed by atoms with E-state index in [-0.39, 0.29) is 31.5 Å². The van der Waals surface area contributed by atoms with Crippen molar-refractivity contribution in [2.24, 2.45) is 0 Å². The van der Waals surface area contributed by atoms with Gasteiger partial charge in [-0.1, -0.05) is 0 Å². The normalized spacial score (nSPS) is 21.9. The van der Waals surface area contributed by atoms with Crippen molar-refractivity contribution in [2.45, 2.75) is 77.1 Å². The van der Waals surface area contributed by atoms with E-state index < -0.39 is 53.1 Å². The molecule has 3 atom stereocenters. The van der Waals surface area contributed by atoms with Crippen molar-refractivity contribution in [3.05, 3.63) is 35.1 Å². The lowest BCUT2D eigenvalue weighted by Crippen LogP contribution is -2.45. The summed E-state index contributed by atoms with van der Waals surface area (Å²) in [7, 11) is 0. The standard InChI is InChI=1S/C13H14F3NO2.C10H15NO5/c1-2-19-13(18)11-4-3-10(17-11)7-5-8(14)12(16)9(15)6-7;1-10(2,3)16-9(15)11-6(8(13)14)4-5-7(11)12/h5-6,10-11,17H,2-4H2,1H3;6H,4-5H2,1-3H3,(H,13,14)/t10-,11+;6-/m01/s1. The molecule has 0 aromatic heterocycles. The second kappa shape index (κ2) is 11.5. The topological polar surface area (TPSA) is 122 Å². The van der Waals surface area contributed by atoms with Crippen LogP contribution in [0.5, 0.6) is 0 Å². The fourth-order valence-corrected chi connectivity index (χ4v) is 3.67. The number of likely N-dealkylation sites (tertiary alicyclic amines) is 1. The number of carbonyl (C=O) groups excluding carboxylic acids is 3. The molecule has 0 saturated carbocycles. The molecule has 2 amide bonds. The van der Waals surface area contributed by atoms with Gasteiger partial charge in [0.25, 0.3) is 0 Å². The third-order valence-corrected chi connectivity index (χ3v) is 5.21. The van der Waals surface area contributed by atoms with E-state index in [4.69, 9.17) is 14.6 Å². The Kier molecular flexibility index (Phi) is 9.24. The van der Waals surface area contributed by atoms with Crippen molar-refractivity contribution in [3.8, 4) is 0 Å². The van der Waals surface area contributed by atoms with Crippen LogP contribution in [-0.2, 0) is 23.9 Å². The zero-order valence-electron chi connectivity index (χ0n) is 19.9. The number of rotatable bonds is 4. The van der Waals surface area contributed by atoms with Crippen molar-refractivity contribution in [1.82, 2.24) is 10.2 Å². The number of hydrogen-bond acceptors (Lipinski definition) is 7. The van der Waals surface area contributed by atoms with Gasteiger partial charge in [-0.2, -0.15) is 0 Å². The molecule has 2 aliphatic heterocycles. The number of nitrogens with zero attached hydrogens (tertiary/aromatic N) is 1. The molecular weight excluding hydrogens is 473 g/mol. The number of hydrogen-bond donors (Lipinski definition) is 2. The van der Waals surface area contributed by atoms with E-state index >= 15 is 0 Å². The maximum Gasteiger partial charge on any atom is 0.417 e. The molecule has 2 N–H and O–H groups in total. The van der Waals surface area contributed by atoms with E-state index in [0.717, 1.165) is 12.1 Å². The van der Waals surface area contributed by atoms with E-state index in [2.05, 4.69) is 5.32 Å². The van der Waals surface area contributed by atoms with Gasteiger partial charge in [-0.05, 0) is 64.7 Å². The van der Waals surface area contributed by atoms with Crippen LogP contribution >= 0.6 is 0 Å². The highest BCUT2D eigenvalue weighted by Crippen LogP contribution is 2.29. The average molecular weight is 502 g/mol. The molecule has 2 aliphatic rings. The molecule has 3 rings (SSSR count). The van der Waals surface area contributed by atoms with Crippen molar-refractivity contribution in [3.63, 3.8) is 0 Å². The third-order valence-electron chi connectivity index (χ3n) is 5.21. The number of benzene rings is 1. The SMILES string of the molecule is CC(C)(C)OC(=O)N1C(=O)CC[C@@H]1C(=O)O.CCOC(=O)[C@H]1CC[C@@H](c2cc(F)c(F)c(F)c2)N1. The second-order valence-electron chi connectivity index (χ2n) is 9.04. The number of aliphatic carboxylic acids is 1. The Labute approximate surface area is 200 Å². The fourth-order valence-electron chi connectivity index (χ4n) is 3.67. The number of nitrogens with one attached hydrogen (secondary N) is 1. The van der Waals surface area contributed by atoms with Crippen LogP contribution in [0.4, 0.5) is 18.0 Å². The first-order valence-electron chi connectivity index (χ1n) is 11.1. The molecule has 2 heterocycles. The minimum atomic E-state index is -1.48. The summed E-state index contributed by atoms with van der Waals surface area (Å²) in [5, 5.41) is 11.8. The van der Waals surface area contributed by atoms with Gasteiger partial charge < -0.3 is 14.6 Å². The lowest BCUT2D eigenvalue weighted by atomic mass is 10.0. The summed E-state index contributed by atoms with van der Waals surface area (Å²) in [6.45, 7) is 6.94. The summed E-state index contributed by atoms with van der Waals surface area (Å²) in [4.78, 5) is 46.0. The van der Waals surface area contributed by atoms with Crippen LogP contribution in [0.3, 0.4) is 0 Å². The number of amides is 2. The van der Waals surface area contributed by atoms with Gasteiger partial charge >= 0.3 is 18.0 Å². The van der Waals surface area contributed by atoms with E-state index in [1.807, 2.05) is 0 Å². The summed E-state index contributed by atoms with van der Waals surface area (Å²) in [6, 6.07) is -0.0600. The molecule has 0 spiro atoms. The van der Waals surface area contributed by atoms with Crippen molar-refractivity contribution in [1.29, 1.82) is 0 Å². The molecule has 2 fully saturated rings. The molecule has 1 aromatic rings. The van der Waals surface area contributed by atoms with E-state index in [1.165, 1.54) is 0 Å². The van der Waals surface area contributed by atoms with Crippen molar-refractivity contribution in [2.75, 3.05) is 6.61 Å². The molecule has 0 unspecified atom stereocenters. The number of imide groups is 1. The molecule has 0 radical (unpaired) electrons. The molecule has 2 saturated heterocycles. The zero-order chi connectivity index (χ0) is 26.5. The maximum atomic E-state index is 13.1. The highest BCUT2D eigenvalue weighted by Gasteiger charge is 2.42. The van der Waals surface area contributed by atoms with E-state index in [0.29, 0.717) is 23.3 Å². The predicted molar refractivity (Wildman–Crippen MR) is 116 cm³/mol. The Hall–Kier alpha value is -3.15. The molecule has 9 nitrogen and oxygen atoms in total. The van der Waals surface area contributed by atoms with Gasteiger partial charge in [0, 0.05) is 12.5 Å². The summed E-state index contributed by atoms with van der Waals surface area (Å²) >= 11 is 0. The third kappa shape index (κ3) is 7.41. The largest absolute Gasteiger partial charge is 0.480 e. The number of halogens is 3. The highest BCUT2D eigenvalue weighted by atomic mass is 19.2. The van der Waals surface area contributed by atoms with Crippen LogP contribution in [0.1, 0.15) is 65.0 Å². The Morgan fingerprint density at radius 1 is 1.11 bits per heavy atom. The number of ether oxygens (including phenoxy) is 2. The van der Waals surface area contributed by atoms with Gasteiger partial charge in [0.15, 0.2) is 17.5 Å². The van der Waals surface area contributed by atoms with Gasteiger partial charge in [-0.15, -0.1) is 0 Å². The molecule has 12 heteroatoms. The Bertz CT molecular complexity index is 957. The van der Waals surface area contributed by atoms with Crippen LogP contribution in [0.15, 0.2) is 12.1 Å².